The molecule has 2 aliphatic heterocycles. The second-order valence-corrected chi connectivity index (χ2v) is 6.84. The molecular weight excluding hydrogens is 350 g/mol. The van der Waals surface area contributed by atoms with Crippen LogP contribution in [0.25, 0.3) is 0 Å². The molecule has 1 aromatic carbocycles. The van der Waals surface area contributed by atoms with Crippen molar-refractivity contribution < 1.29 is 9.53 Å². The molecule has 6 heteroatoms. The molecule has 0 aromatic heterocycles. The third-order valence-electron chi connectivity index (χ3n) is 4.39. The number of amidine groups is 1. The minimum Gasteiger partial charge on any atom is -0.410 e. The molecule has 1 amide bonds. The lowest BCUT2D eigenvalue weighted by atomic mass is 10.1. The minimum absolute atomic E-state index is 0.408. The number of amides is 1. The maximum atomic E-state index is 12.0. The first-order valence-electron chi connectivity index (χ1n) is 9.15. The van der Waals surface area contributed by atoms with E-state index in [0.717, 1.165) is 29.9 Å². The van der Waals surface area contributed by atoms with Gasteiger partial charge in [0.1, 0.15) is 11.6 Å². The molecule has 138 valence electrons. The van der Waals surface area contributed by atoms with Crippen LogP contribution in [0.15, 0.2) is 41.6 Å². The molecule has 0 radical (unpaired) electrons. The molecule has 2 heterocycles. The van der Waals surface area contributed by atoms with Gasteiger partial charge in [-0.25, -0.2) is 9.79 Å². The van der Waals surface area contributed by atoms with Gasteiger partial charge >= 0.3 is 6.09 Å². The molecular formula is C20H24ClN3O2. The monoisotopic (exact) mass is 373 g/mol. The molecule has 0 unspecified atom stereocenters. The van der Waals surface area contributed by atoms with Crippen LogP contribution in [0.3, 0.4) is 0 Å². The fraction of sp³-hybridized carbons (Fsp3) is 0.400. The molecule has 3 rings (SSSR count). The molecule has 1 N–H and O–H groups in total. The Labute approximate surface area is 159 Å². The largest absolute Gasteiger partial charge is 0.412 e. The quantitative estimate of drug-likeness (QED) is 0.657. The van der Waals surface area contributed by atoms with Gasteiger partial charge in [-0.2, -0.15) is 0 Å². The number of benzene rings is 1. The van der Waals surface area contributed by atoms with E-state index in [-0.39, 0.29) is 0 Å². The zero-order valence-corrected chi connectivity index (χ0v) is 15.8. The van der Waals surface area contributed by atoms with Crippen LogP contribution in [0, 0.1) is 0 Å². The van der Waals surface area contributed by atoms with Crippen LogP contribution in [0.1, 0.15) is 44.6 Å². The molecule has 26 heavy (non-hydrogen) atoms. The summed E-state index contributed by atoms with van der Waals surface area (Å²) in [6.45, 7) is 3.45. The Morgan fingerprint density at radius 1 is 1.27 bits per heavy atom. The van der Waals surface area contributed by atoms with Crippen LogP contribution in [0.2, 0.25) is 5.02 Å². The number of nitrogens with one attached hydrogen (secondary N) is 1. The van der Waals surface area contributed by atoms with Gasteiger partial charge in [-0.1, -0.05) is 50.3 Å². The first-order valence-corrected chi connectivity index (χ1v) is 9.53. The van der Waals surface area contributed by atoms with Gasteiger partial charge in [0.2, 0.25) is 0 Å². The number of hydrogen-bond donors (Lipinski definition) is 1. The Hall–Kier alpha value is -2.27. The lowest BCUT2D eigenvalue weighted by molar-refractivity contribution is 0.200. The Balaban J connectivity index is 1.58. The molecule has 1 aromatic rings. The van der Waals surface area contributed by atoms with Crippen molar-refractivity contribution in [2.45, 2.75) is 45.6 Å². The van der Waals surface area contributed by atoms with Crippen molar-refractivity contribution in [3.05, 3.63) is 47.1 Å². The summed E-state index contributed by atoms with van der Waals surface area (Å²) in [5.74, 6) is 1.26. The SMILES string of the molecule is CCCCCCCNC(=O)Oc1cc(Cl)c2c(c1)N=C1C=CC=CN1C2. The van der Waals surface area contributed by atoms with E-state index >= 15 is 0 Å². The van der Waals surface area contributed by atoms with E-state index in [9.17, 15) is 4.79 Å². The Kier molecular flexibility index (Phi) is 6.34. The van der Waals surface area contributed by atoms with Crippen LogP contribution in [-0.4, -0.2) is 23.4 Å². The van der Waals surface area contributed by atoms with E-state index in [1.807, 2.05) is 29.3 Å². The van der Waals surface area contributed by atoms with Gasteiger partial charge in [-0.15, -0.1) is 0 Å². The van der Waals surface area contributed by atoms with Crippen LogP contribution in [0.5, 0.6) is 5.75 Å². The first-order chi connectivity index (χ1) is 12.7. The van der Waals surface area contributed by atoms with Crippen LogP contribution < -0.4 is 10.1 Å². The average molecular weight is 374 g/mol. The lowest BCUT2D eigenvalue weighted by Crippen LogP contribution is -2.28. The van der Waals surface area contributed by atoms with E-state index in [0.29, 0.717) is 23.9 Å². The summed E-state index contributed by atoms with van der Waals surface area (Å²) in [5.41, 5.74) is 1.67. The number of ether oxygens (including phenoxy) is 1. The Bertz CT molecular complexity index is 756. The van der Waals surface area contributed by atoms with Crippen molar-refractivity contribution in [1.29, 1.82) is 0 Å². The van der Waals surface area contributed by atoms with Gasteiger partial charge in [0.05, 0.1) is 17.3 Å². The van der Waals surface area contributed by atoms with E-state index in [1.54, 1.807) is 12.1 Å². The molecule has 0 spiro atoms. The van der Waals surface area contributed by atoms with Crippen molar-refractivity contribution in [1.82, 2.24) is 10.2 Å². The zero-order valence-electron chi connectivity index (χ0n) is 15.0. The topological polar surface area (TPSA) is 53.9 Å². The van der Waals surface area contributed by atoms with Crippen molar-refractivity contribution in [2.24, 2.45) is 4.99 Å². The fourth-order valence-electron chi connectivity index (χ4n) is 2.97. The van der Waals surface area contributed by atoms with E-state index in [1.165, 1.54) is 19.3 Å². The first kappa shape index (κ1) is 18.5. The number of carbonyl (C=O) groups excluding carboxylic acids is 1. The van der Waals surface area contributed by atoms with Crippen LogP contribution in [-0.2, 0) is 6.54 Å². The molecule has 0 bridgehead atoms. The molecule has 0 aliphatic carbocycles. The van der Waals surface area contributed by atoms with Crippen molar-refractivity contribution in [2.75, 3.05) is 6.54 Å². The van der Waals surface area contributed by atoms with E-state index < -0.39 is 6.09 Å². The second kappa shape index (κ2) is 8.90. The molecule has 0 saturated heterocycles. The summed E-state index contributed by atoms with van der Waals surface area (Å²) in [7, 11) is 0. The molecule has 0 saturated carbocycles. The molecule has 0 fully saturated rings. The Morgan fingerprint density at radius 2 is 2.12 bits per heavy atom. The predicted octanol–water partition coefficient (Wildman–Crippen LogP) is 5.33. The fourth-order valence-corrected chi connectivity index (χ4v) is 3.24. The number of hydrogen-bond acceptors (Lipinski definition) is 4. The Morgan fingerprint density at radius 3 is 2.96 bits per heavy atom. The van der Waals surface area contributed by atoms with Crippen molar-refractivity contribution in [3.8, 4) is 5.75 Å². The normalized spacial score (nSPS) is 14.5. The van der Waals surface area contributed by atoms with Gasteiger partial charge in [-0.05, 0) is 18.6 Å². The number of allylic oxidation sites excluding steroid dienone is 2. The van der Waals surface area contributed by atoms with Gasteiger partial charge in [-0.3, -0.25) is 0 Å². The summed E-state index contributed by atoms with van der Waals surface area (Å²) < 4.78 is 5.38. The maximum absolute atomic E-state index is 12.0. The van der Waals surface area contributed by atoms with Gasteiger partial charge in [0.15, 0.2) is 0 Å². The van der Waals surface area contributed by atoms with Gasteiger partial charge in [0.25, 0.3) is 0 Å². The molecule has 0 atom stereocenters. The highest BCUT2D eigenvalue weighted by Crippen LogP contribution is 2.37. The number of carbonyl (C=O) groups is 1. The van der Waals surface area contributed by atoms with E-state index in [4.69, 9.17) is 16.3 Å². The maximum Gasteiger partial charge on any atom is 0.412 e. The van der Waals surface area contributed by atoms with Gasteiger partial charge < -0.3 is 15.0 Å². The summed E-state index contributed by atoms with van der Waals surface area (Å²) in [6, 6.07) is 3.43. The van der Waals surface area contributed by atoms with E-state index in [2.05, 4.69) is 17.2 Å². The average Bonchev–Trinajstić information content (AvgIpc) is 2.63. The number of aliphatic imine (C=N–C) groups is 1. The minimum atomic E-state index is -0.456. The number of fused-ring (bicyclic) bond motifs is 2. The number of halogens is 1. The summed E-state index contributed by atoms with van der Waals surface area (Å²) in [6.07, 6.45) is 13.1. The van der Waals surface area contributed by atoms with Gasteiger partial charge in [0, 0.05) is 30.4 Å². The zero-order chi connectivity index (χ0) is 18.4. The third kappa shape index (κ3) is 4.67. The highest BCUT2D eigenvalue weighted by Gasteiger charge is 2.21. The summed E-state index contributed by atoms with van der Waals surface area (Å²) >= 11 is 6.39. The second-order valence-electron chi connectivity index (χ2n) is 6.43. The number of unbranched alkanes of at least 4 members (excludes halogenated alkanes) is 4. The molecule has 5 nitrogen and oxygen atoms in total. The lowest BCUT2D eigenvalue weighted by Gasteiger charge is -2.28. The van der Waals surface area contributed by atoms with Crippen molar-refractivity contribution in [3.63, 3.8) is 0 Å². The van der Waals surface area contributed by atoms with Crippen LogP contribution >= 0.6 is 11.6 Å². The third-order valence-corrected chi connectivity index (χ3v) is 4.72. The smallest absolute Gasteiger partial charge is 0.410 e. The number of rotatable bonds is 7. The standard InChI is InChI=1S/C20H24ClN3O2/c1-2-3-4-5-7-10-22-20(25)26-15-12-17(21)16-14-24-11-8-6-9-19(24)23-18(16)13-15/h6,8-9,11-13H,2-5,7,10,14H2,1H3,(H,22,25). The molecule has 2 aliphatic rings. The predicted molar refractivity (Wildman–Crippen MR) is 105 cm³/mol. The van der Waals surface area contributed by atoms with Crippen LogP contribution in [0.4, 0.5) is 10.5 Å². The highest BCUT2D eigenvalue weighted by atomic mass is 35.5. The van der Waals surface area contributed by atoms with Crippen molar-refractivity contribution >= 4 is 29.2 Å². The summed E-state index contributed by atoms with van der Waals surface area (Å²) in [4.78, 5) is 18.6. The summed E-state index contributed by atoms with van der Waals surface area (Å²) in [5, 5.41) is 3.34. The highest BCUT2D eigenvalue weighted by molar-refractivity contribution is 6.32. The number of nitrogens with zero attached hydrogens (tertiary/aromatic N) is 2.